The summed E-state index contributed by atoms with van der Waals surface area (Å²) in [5.41, 5.74) is 2.86. The molecule has 0 amide bonds. The molecule has 2 heteroatoms. The van der Waals surface area contributed by atoms with Crippen molar-refractivity contribution >= 4 is 11.8 Å². The summed E-state index contributed by atoms with van der Waals surface area (Å²) < 4.78 is 0. The highest BCUT2D eigenvalue weighted by atomic mass is 32.2. The molecule has 2 aromatic rings. The Balaban J connectivity index is 1.33. The predicted molar refractivity (Wildman–Crippen MR) is 92.1 cm³/mol. The Hall–Kier alpha value is -1.25. The molecule has 1 nitrogen and oxygen atoms in total. The van der Waals surface area contributed by atoms with Crippen molar-refractivity contribution in [3.63, 3.8) is 0 Å². The molecule has 0 aromatic heterocycles. The third-order valence-electron chi connectivity index (χ3n) is 4.23. The minimum atomic E-state index is 0.715. The van der Waals surface area contributed by atoms with Crippen molar-refractivity contribution in [2.24, 2.45) is 0 Å². The molecule has 110 valence electrons. The van der Waals surface area contributed by atoms with Crippen LogP contribution in [0.1, 0.15) is 29.9 Å². The van der Waals surface area contributed by atoms with Crippen molar-refractivity contribution in [1.82, 2.24) is 5.32 Å². The minimum Gasteiger partial charge on any atom is -0.313 e. The van der Waals surface area contributed by atoms with Crippen LogP contribution in [0.5, 0.6) is 0 Å². The maximum absolute atomic E-state index is 3.68. The molecular weight excluding hydrogens is 274 g/mol. The van der Waals surface area contributed by atoms with E-state index in [-0.39, 0.29) is 0 Å². The normalized spacial score (nSPS) is 21.0. The molecule has 0 unspecified atom stereocenters. The average molecular weight is 297 g/mol. The van der Waals surface area contributed by atoms with Gasteiger partial charge in [0.15, 0.2) is 0 Å². The number of hydrogen-bond donors (Lipinski definition) is 1. The summed E-state index contributed by atoms with van der Waals surface area (Å²) in [5.74, 6) is 1.92. The summed E-state index contributed by atoms with van der Waals surface area (Å²) in [6.07, 6.45) is 2.58. The summed E-state index contributed by atoms with van der Waals surface area (Å²) in [6, 6.07) is 20.4. The van der Waals surface area contributed by atoms with Gasteiger partial charge in [0.25, 0.3) is 0 Å². The van der Waals surface area contributed by atoms with E-state index in [2.05, 4.69) is 66.8 Å². The standard InChI is InChI=1S/C19H23NS/c1-15-7-9-16(10-8-15)17-13-18(14-17)20-11-12-21-19-5-3-2-4-6-19/h2-10,17-18,20H,11-14H2,1H3. The first kappa shape index (κ1) is 14.7. The zero-order valence-electron chi connectivity index (χ0n) is 12.6. The maximum atomic E-state index is 3.68. The third kappa shape index (κ3) is 4.12. The molecule has 3 rings (SSSR count). The number of hydrogen-bond acceptors (Lipinski definition) is 2. The van der Waals surface area contributed by atoms with Gasteiger partial charge in [-0.3, -0.25) is 0 Å². The van der Waals surface area contributed by atoms with Gasteiger partial charge >= 0.3 is 0 Å². The summed E-state index contributed by atoms with van der Waals surface area (Å²) >= 11 is 1.93. The van der Waals surface area contributed by atoms with Gasteiger partial charge in [0.05, 0.1) is 0 Å². The fraction of sp³-hybridized carbons (Fsp3) is 0.368. The van der Waals surface area contributed by atoms with Crippen LogP contribution in [0.4, 0.5) is 0 Å². The molecule has 21 heavy (non-hydrogen) atoms. The Kier molecular flexibility index (Phi) is 5.00. The summed E-state index contributed by atoms with van der Waals surface area (Å²) in [6.45, 7) is 3.25. The molecule has 0 radical (unpaired) electrons. The zero-order chi connectivity index (χ0) is 14.5. The van der Waals surface area contributed by atoms with E-state index in [1.165, 1.54) is 28.9 Å². The Morgan fingerprint density at radius 1 is 1.00 bits per heavy atom. The van der Waals surface area contributed by atoms with Crippen molar-refractivity contribution < 1.29 is 0 Å². The fourth-order valence-electron chi connectivity index (χ4n) is 2.84. The second-order valence-corrected chi connectivity index (χ2v) is 7.06. The molecule has 1 aliphatic carbocycles. The van der Waals surface area contributed by atoms with Crippen molar-refractivity contribution in [3.8, 4) is 0 Å². The topological polar surface area (TPSA) is 12.0 Å². The monoisotopic (exact) mass is 297 g/mol. The second-order valence-electron chi connectivity index (χ2n) is 5.89. The molecule has 0 saturated heterocycles. The SMILES string of the molecule is Cc1ccc(C2CC(NCCSc3ccccc3)C2)cc1. The van der Waals surface area contributed by atoms with Gasteiger partial charge < -0.3 is 5.32 Å². The van der Waals surface area contributed by atoms with Gasteiger partial charge in [0.2, 0.25) is 0 Å². The van der Waals surface area contributed by atoms with Crippen LogP contribution >= 0.6 is 11.8 Å². The first-order valence-corrected chi connectivity index (χ1v) is 8.77. The molecule has 0 spiro atoms. The molecule has 2 aromatic carbocycles. The van der Waals surface area contributed by atoms with E-state index in [4.69, 9.17) is 0 Å². The van der Waals surface area contributed by atoms with E-state index in [9.17, 15) is 0 Å². The minimum absolute atomic E-state index is 0.715. The van der Waals surface area contributed by atoms with E-state index >= 15 is 0 Å². The lowest BCUT2D eigenvalue weighted by Gasteiger charge is -2.36. The van der Waals surface area contributed by atoms with Crippen LogP contribution in [0.25, 0.3) is 0 Å². The third-order valence-corrected chi connectivity index (χ3v) is 5.25. The van der Waals surface area contributed by atoms with Gasteiger partial charge in [-0.15, -0.1) is 11.8 Å². The highest BCUT2D eigenvalue weighted by Gasteiger charge is 2.29. The number of aryl methyl sites for hydroxylation is 1. The van der Waals surface area contributed by atoms with Crippen LogP contribution in [0.15, 0.2) is 59.5 Å². The lowest BCUT2D eigenvalue weighted by molar-refractivity contribution is 0.296. The molecular formula is C19H23NS. The van der Waals surface area contributed by atoms with Crippen LogP contribution in [0.2, 0.25) is 0 Å². The van der Waals surface area contributed by atoms with Crippen LogP contribution in [0, 0.1) is 6.92 Å². The Bertz CT molecular complexity index is 544. The van der Waals surface area contributed by atoms with Gasteiger partial charge in [0, 0.05) is 23.2 Å². The van der Waals surface area contributed by atoms with E-state index in [1.54, 1.807) is 0 Å². The van der Waals surface area contributed by atoms with Crippen LogP contribution in [0.3, 0.4) is 0 Å². The lowest BCUT2D eigenvalue weighted by Crippen LogP contribution is -2.41. The Morgan fingerprint density at radius 2 is 1.71 bits per heavy atom. The molecule has 0 bridgehead atoms. The maximum Gasteiger partial charge on any atom is 0.0106 e. The van der Waals surface area contributed by atoms with E-state index in [0.717, 1.165) is 18.2 Å². The fourth-order valence-corrected chi connectivity index (χ4v) is 3.65. The van der Waals surface area contributed by atoms with Crippen LogP contribution < -0.4 is 5.32 Å². The smallest absolute Gasteiger partial charge is 0.0106 e. The van der Waals surface area contributed by atoms with Crippen molar-refractivity contribution in [3.05, 3.63) is 65.7 Å². The Morgan fingerprint density at radius 3 is 2.43 bits per heavy atom. The van der Waals surface area contributed by atoms with Gasteiger partial charge in [-0.2, -0.15) is 0 Å². The van der Waals surface area contributed by atoms with Crippen molar-refractivity contribution in [2.45, 2.75) is 36.6 Å². The highest BCUT2D eigenvalue weighted by molar-refractivity contribution is 7.99. The second kappa shape index (κ2) is 7.15. The average Bonchev–Trinajstić information content (AvgIpc) is 2.48. The van der Waals surface area contributed by atoms with E-state index in [0.29, 0.717) is 6.04 Å². The molecule has 1 N–H and O–H groups in total. The molecule has 0 aliphatic heterocycles. The first-order valence-electron chi connectivity index (χ1n) is 7.79. The van der Waals surface area contributed by atoms with Crippen molar-refractivity contribution in [1.29, 1.82) is 0 Å². The number of benzene rings is 2. The van der Waals surface area contributed by atoms with Crippen molar-refractivity contribution in [2.75, 3.05) is 12.3 Å². The largest absolute Gasteiger partial charge is 0.313 e. The van der Waals surface area contributed by atoms with E-state index < -0.39 is 0 Å². The van der Waals surface area contributed by atoms with Crippen LogP contribution in [-0.4, -0.2) is 18.3 Å². The number of rotatable bonds is 6. The van der Waals surface area contributed by atoms with Gasteiger partial charge in [-0.05, 0) is 43.4 Å². The molecule has 1 saturated carbocycles. The molecule has 0 atom stereocenters. The van der Waals surface area contributed by atoms with Gasteiger partial charge in [0.1, 0.15) is 0 Å². The summed E-state index contributed by atoms with van der Waals surface area (Å²) in [4.78, 5) is 1.37. The molecule has 1 fully saturated rings. The summed E-state index contributed by atoms with van der Waals surface area (Å²) in [7, 11) is 0. The molecule has 0 heterocycles. The van der Waals surface area contributed by atoms with E-state index in [1.807, 2.05) is 11.8 Å². The Labute approximate surface area is 132 Å². The predicted octanol–water partition coefficient (Wildman–Crippen LogP) is 4.62. The number of nitrogens with one attached hydrogen (secondary N) is 1. The zero-order valence-corrected chi connectivity index (χ0v) is 13.4. The quantitative estimate of drug-likeness (QED) is 0.616. The number of thioether (sulfide) groups is 1. The lowest BCUT2D eigenvalue weighted by atomic mass is 9.76. The molecule has 1 aliphatic rings. The van der Waals surface area contributed by atoms with Gasteiger partial charge in [-0.1, -0.05) is 48.0 Å². The van der Waals surface area contributed by atoms with Crippen LogP contribution in [-0.2, 0) is 0 Å². The first-order chi connectivity index (χ1) is 10.3. The van der Waals surface area contributed by atoms with Gasteiger partial charge in [-0.25, -0.2) is 0 Å². The highest BCUT2D eigenvalue weighted by Crippen LogP contribution is 2.36. The summed E-state index contributed by atoms with van der Waals surface area (Å²) in [5, 5.41) is 3.68.